The van der Waals surface area contributed by atoms with E-state index in [1.165, 1.54) is 23.5 Å². The molecule has 0 saturated carbocycles. The van der Waals surface area contributed by atoms with Gasteiger partial charge in [-0.2, -0.15) is 10.5 Å². The summed E-state index contributed by atoms with van der Waals surface area (Å²) in [5.41, 5.74) is 0. The number of thiocarbonyl (C=S) groups is 2. The van der Waals surface area contributed by atoms with Crippen LogP contribution in [0, 0.1) is 22.7 Å². The Morgan fingerprint density at radius 2 is 1.22 bits per heavy atom. The molecule has 4 nitrogen and oxygen atoms in total. The quantitative estimate of drug-likeness (QED) is 0.713. The van der Waals surface area contributed by atoms with Crippen LogP contribution in [-0.4, -0.2) is 56.1 Å². The molecule has 0 aliphatic carbocycles. The van der Waals surface area contributed by atoms with Gasteiger partial charge in [-0.1, -0.05) is 48.0 Å². The Morgan fingerprint density at radius 3 is 1.50 bits per heavy atom. The maximum atomic E-state index is 8.51. The Hall–Kier alpha value is -0.540. The highest BCUT2D eigenvalue weighted by Gasteiger charge is 2.20. The zero-order valence-corrected chi connectivity index (χ0v) is 12.9. The molecule has 0 bridgehead atoms. The largest absolute Gasteiger partial charge is 0.354 e. The molecule has 18 heavy (non-hydrogen) atoms. The van der Waals surface area contributed by atoms with Gasteiger partial charge in [0.2, 0.25) is 0 Å². The van der Waals surface area contributed by atoms with Gasteiger partial charge in [-0.3, -0.25) is 0 Å². The van der Waals surface area contributed by atoms with E-state index in [2.05, 4.69) is 21.9 Å². The van der Waals surface area contributed by atoms with Crippen LogP contribution in [0.5, 0.6) is 0 Å². The normalized spacial score (nSPS) is 14.8. The van der Waals surface area contributed by atoms with Crippen molar-refractivity contribution in [3.63, 3.8) is 0 Å². The Labute approximate surface area is 126 Å². The molecular formula is C10H12N4S4. The van der Waals surface area contributed by atoms with E-state index in [1.807, 2.05) is 0 Å². The first-order valence-corrected chi connectivity index (χ1v) is 8.05. The number of rotatable bonds is 2. The van der Waals surface area contributed by atoms with Crippen LogP contribution in [0.25, 0.3) is 0 Å². The lowest BCUT2D eigenvalue weighted by Crippen LogP contribution is -2.48. The molecule has 0 amide bonds. The maximum absolute atomic E-state index is 8.51. The first-order valence-electron chi connectivity index (χ1n) is 5.26. The number of hydrogen-bond acceptors (Lipinski definition) is 6. The van der Waals surface area contributed by atoms with Crippen LogP contribution >= 0.6 is 48.0 Å². The standard InChI is InChI=1S/C10H12N4S4/c11-1-7-17-9(15)13-3-5-14(6-4-13)10(16)18-8-2-12/h3-8H2. The van der Waals surface area contributed by atoms with Crippen molar-refractivity contribution in [3.8, 4) is 12.1 Å². The summed E-state index contributed by atoms with van der Waals surface area (Å²) < 4.78 is 1.57. The number of nitrogens with zero attached hydrogens (tertiary/aromatic N) is 4. The van der Waals surface area contributed by atoms with Gasteiger partial charge >= 0.3 is 0 Å². The lowest BCUT2D eigenvalue weighted by molar-refractivity contribution is 0.271. The summed E-state index contributed by atoms with van der Waals surface area (Å²) >= 11 is 13.3. The van der Waals surface area contributed by atoms with Gasteiger partial charge in [-0.15, -0.1) is 0 Å². The van der Waals surface area contributed by atoms with Crippen molar-refractivity contribution in [3.05, 3.63) is 0 Å². The van der Waals surface area contributed by atoms with E-state index in [-0.39, 0.29) is 0 Å². The summed E-state index contributed by atoms with van der Waals surface area (Å²) in [7, 11) is 0. The highest BCUT2D eigenvalue weighted by Crippen LogP contribution is 2.15. The molecular weight excluding hydrogens is 304 g/mol. The summed E-state index contributed by atoms with van der Waals surface area (Å²) in [5.74, 6) is 0.797. The van der Waals surface area contributed by atoms with E-state index < -0.39 is 0 Å². The fraction of sp³-hybridized carbons (Fsp3) is 0.600. The highest BCUT2D eigenvalue weighted by molar-refractivity contribution is 8.23. The molecule has 0 N–H and O–H groups in total. The summed E-state index contributed by atoms with van der Waals surface area (Å²) in [5, 5.41) is 17.0. The molecule has 0 unspecified atom stereocenters. The molecule has 1 saturated heterocycles. The van der Waals surface area contributed by atoms with Crippen LogP contribution in [0.2, 0.25) is 0 Å². The molecule has 1 heterocycles. The molecule has 0 aromatic carbocycles. The van der Waals surface area contributed by atoms with Crippen LogP contribution < -0.4 is 0 Å². The van der Waals surface area contributed by atoms with Gasteiger partial charge in [-0.25, -0.2) is 0 Å². The van der Waals surface area contributed by atoms with Gasteiger partial charge in [0, 0.05) is 26.2 Å². The van der Waals surface area contributed by atoms with Crippen molar-refractivity contribution in [2.24, 2.45) is 0 Å². The van der Waals surface area contributed by atoms with Gasteiger partial charge < -0.3 is 9.80 Å². The third-order valence-electron chi connectivity index (χ3n) is 2.32. The van der Waals surface area contributed by atoms with Gasteiger partial charge in [0.15, 0.2) is 0 Å². The molecule has 1 fully saturated rings. The van der Waals surface area contributed by atoms with Crippen molar-refractivity contribution in [2.75, 3.05) is 37.7 Å². The van der Waals surface area contributed by atoms with Gasteiger partial charge in [-0.05, 0) is 0 Å². The molecule has 0 aromatic rings. The first kappa shape index (κ1) is 15.5. The SMILES string of the molecule is N#CCSC(=S)N1CCN(C(=S)SCC#N)CC1. The van der Waals surface area contributed by atoms with E-state index in [0.29, 0.717) is 11.5 Å². The number of nitriles is 2. The summed E-state index contributed by atoms with van der Waals surface area (Å²) in [6.45, 7) is 3.30. The zero-order chi connectivity index (χ0) is 13.4. The van der Waals surface area contributed by atoms with Gasteiger partial charge in [0.25, 0.3) is 0 Å². The topological polar surface area (TPSA) is 54.1 Å². The van der Waals surface area contributed by atoms with Gasteiger partial charge in [0.1, 0.15) is 8.64 Å². The Kier molecular flexibility index (Phi) is 7.36. The summed E-state index contributed by atoms with van der Waals surface area (Å²) in [4.78, 5) is 4.21. The van der Waals surface area contributed by atoms with E-state index in [9.17, 15) is 0 Å². The third kappa shape index (κ3) is 4.99. The van der Waals surface area contributed by atoms with Crippen LogP contribution in [0.4, 0.5) is 0 Å². The average molecular weight is 317 g/mol. The number of thioether (sulfide) groups is 2. The summed E-state index contributed by atoms with van der Waals surface area (Å²) in [6, 6.07) is 4.14. The third-order valence-corrected chi connectivity index (χ3v) is 5.10. The van der Waals surface area contributed by atoms with Crippen molar-refractivity contribution >= 4 is 56.6 Å². The lowest BCUT2D eigenvalue weighted by atomic mass is 10.4. The molecule has 0 spiro atoms. The highest BCUT2D eigenvalue weighted by atomic mass is 32.2. The zero-order valence-electron chi connectivity index (χ0n) is 9.66. The predicted octanol–water partition coefficient (Wildman–Crippen LogP) is 1.69. The second-order valence-corrected chi connectivity index (χ2v) is 6.62. The minimum atomic E-state index is 0.398. The van der Waals surface area contributed by atoms with Crippen LogP contribution in [0.15, 0.2) is 0 Å². The molecule has 8 heteroatoms. The smallest absolute Gasteiger partial charge is 0.137 e. The Balaban J connectivity index is 2.33. The van der Waals surface area contributed by atoms with Crippen molar-refractivity contribution in [2.45, 2.75) is 0 Å². The van der Waals surface area contributed by atoms with E-state index in [4.69, 9.17) is 35.0 Å². The molecule has 1 aliphatic heterocycles. The maximum Gasteiger partial charge on any atom is 0.137 e. The van der Waals surface area contributed by atoms with E-state index >= 15 is 0 Å². The molecule has 1 rings (SSSR count). The minimum Gasteiger partial charge on any atom is -0.354 e. The van der Waals surface area contributed by atoms with E-state index in [1.54, 1.807) is 0 Å². The minimum absolute atomic E-state index is 0.398. The first-order chi connectivity index (χ1) is 8.69. The Bertz CT molecular complexity index is 352. The molecule has 0 atom stereocenters. The van der Waals surface area contributed by atoms with Crippen LogP contribution in [0.1, 0.15) is 0 Å². The monoisotopic (exact) mass is 316 g/mol. The lowest BCUT2D eigenvalue weighted by Gasteiger charge is -2.36. The summed E-state index contributed by atoms with van der Waals surface area (Å²) in [6.07, 6.45) is 0. The molecule has 0 aromatic heterocycles. The van der Waals surface area contributed by atoms with Crippen LogP contribution in [0.3, 0.4) is 0 Å². The van der Waals surface area contributed by atoms with Gasteiger partial charge in [0.05, 0.1) is 23.6 Å². The number of piperazine rings is 1. The number of hydrogen-bond donors (Lipinski definition) is 0. The van der Waals surface area contributed by atoms with Crippen molar-refractivity contribution < 1.29 is 0 Å². The second kappa shape index (κ2) is 8.54. The van der Waals surface area contributed by atoms with Crippen LogP contribution in [-0.2, 0) is 0 Å². The van der Waals surface area contributed by atoms with Crippen molar-refractivity contribution in [1.82, 2.24) is 9.80 Å². The fourth-order valence-corrected chi connectivity index (χ4v) is 3.27. The fourth-order valence-electron chi connectivity index (χ4n) is 1.44. The Morgan fingerprint density at radius 1 is 0.889 bits per heavy atom. The second-order valence-electron chi connectivity index (χ2n) is 3.40. The average Bonchev–Trinajstić information content (AvgIpc) is 2.42. The van der Waals surface area contributed by atoms with E-state index in [0.717, 1.165) is 34.8 Å². The molecule has 0 radical (unpaired) electrons. The van der Waals surface area contributed by atoms with Crippen molar-refractivity contribution in [1.29, 1.82) is 10.5 Å². The predicted molar refractivity (Wildman–Crippen MR) is 84.5 cm³/mol. The molecule has 1 aliphatic rings. The molecule has 96 valence electrons.